The Bertz CT molecular complexity index is 450. The molecule has 1 N–H and O–H groups in total. The Morgan fingerprint density at radius 1 is 1.40 bits per heavy atom. The second-order valence-corrected chi connectivity index (χ2v) is 6.16. The third kappa shape index (κ3) is 3.98. The van der Waals surface area contributed by atoms with Crippen molar-refractivity contribution in [3.63, 3.8) is 0 Å². The Labute approximate surface area is 129 Å². The Morgan fingerprint density at radius 3 is 2.95 bits per heavy atom. The maximum Gasteiger partial charge on any atom is 0.224 e. The standard InChI is InChI=1S/C16H23BrN2O/c1-2-13-7-5-6-12-19(13)16(20)10-11-18-15-9-4-3-8-14(15)17/h3-4,8-9,13,18H,2,5-7,10-12H2,1H3. The minimum Gasteiger partial charge on any atom is -0.384 e. The van der Waals surface area contributed by atoms with E-state index in [-0.39, 0.29) is 5.91 Å². The lowest BCUT2D eigenvalue weighted by molar-refractivity contribution is -0.134. The van der Waals surface area contributed by atoms with Gasteiger partial charge in [-0.05, 0) is 53.7 Å². The SMILES string of the molecule is CCC1CCCCN1C(=O)CCNc1ccccc1Br. The minimum atomic E-state index is 0.288. The molecular weight excluding hydrogens is 316 g/mol. The van der Waals surface area contributed by atoms with E-state index in [1.807, 2.05) is 24.3 Å². The number of carbonyl (C=O) groups is 1. The average Bonchev–Trinajstić information content (AvgIpc) is 2.49. The molecule has 0 spiro atoms. The van der Waals surface area contributed by atoms with Gasteiger partial charge in [0.05, 0.1) is 0 Å². The second kappa shape index (κ2) is 7.67. The summed E-state index contributed by atoms with van der Waals surface area (Å²) in [5, 5.41) is 3.32. The van der Waals surface area contributed by atoms with Gasteiger partial charge in [-0.15, -0.1) is 0 Å². The van der Waals surface area contributed by atoms with Crippen molar-refractivity contribution in [1.29, 1.82) is 0 Å². The van der Waals surface area contributed by atoms with E-state index >= 15 is 0 Å². The number of para-hydroxylation sites is 1. The molecule has 0 bridgehead atoms. The molecule has 0 aliphatic carbocycles. The molecule has 1 aromatic rings. The molecule has 2 rings (SSSR count). The van der Waals surface area contributed by atoms with Gasteiger partial charge < -0.3 is 10.2 Å². The molecule has 1 aliphatic heterocycles. The molecule has 20 heavy (non-hydrogen) atoms. The number of carbonyl (C=O) groups excluding carboxylic acids is 1. The van der Waals surface area contributed by atoms with Crippen LogP contribution in [0.15, 0.2) is 28.7 Å². The Hall–Kier alpha value is -1.03. The summed E-state index contributed by atoms with van der Waals surface area (Å²) in [5.41, 5.74) is 1.05. The fourth-order valence-electron chi connectivity index (χ4n) is 2.81. The summed E-state index contributed by atoms with van der Waals surface area (Å²) < 4.78 is 1.04. The van der Waals surface area contributed by atoms with Crippen molar-refractivity contribution in [3.8, 4) is 0 Å². The molecule has 0 saturated carbocycles. The van der Waals surface area contributed by atoms with Crippen molar-refractivity contribution in [3.05, 3.63) is 28.7 Å². The van der Waals surface area contributed by atoms with Gasteiger partial charge in [-0.25, -0.2) is 0 Å². The van der Waals surface area contributed by atoms with Crippen LogP contribution in [0.4, 0.5) is 5.69 Å². The van der Waals surface area contributed by atoms with Crippen LogP contribution in [-0.4, -0.2) is 29.9 Å². The molecule has 1 saturated heterocycles. The summed E-state index contributed by atoms with van der Waals surface area (Å²) in [7, 11) is 0. The number of nitrogens with one attached hydrogen (secondary N) is 1. The minimum absolute atomic E-state index is 0.288. The van der Waals surface area contributed by atoms with Crippen LogP contribution in [0.2, 0.25) is 0 Å². The summed E-state index contributed by atoms with van der Waals surface area (Å²) in [4.78, 5) is 14.4. The van der Waals surface area contributed by atoms with Crippen LogP contribution in [0.1, 0.15) is 39.0 Å². The van der Waals surface area contributed by atoms with Crippen LogP contribution in [0, 0.1) is 0 Å². The van der Waals surface area contributed by atoms with Crippen molar-refractivity contribution in [2.24, 2.45) is 0 Å². The van der Waals surface area contributed by atoms with E-state index < -0.39 is 0 Å². The number of rotatable bonds is 5. The van der Waals surface area contributed by atoms with Gasteiger partial charge >= 0.3 is 0 Å². The summed E-state index contributed by atoms with van der Waals surface area (Å²) in [5.74, 6) is 0.288. The number of hydrogen-bond acceptors (Lipinski definition) is 2. The molecule has 1 unspecified atom stereocenters. The monoisotopic (exact) mass is 338 g/mol. The van der Waals surface area contributed by atoms with E-state index in [0.717, 1.165) is 29.5 Å². The van der Waals surface area contributed by atoms with Gasteiger partial charge in [0.2, 0.25) is 5.91 Å². The van der Waals surface area contributed by atoms with Crippen molar-refractivity contribution in [2.45, 2.75) is 45.1 Å². The molecule has 1 heterocycles. The molecule has 110 valence electrons. The van der Waals surface area contributed by atoms with Gasteiger partial charge in [-0.2, -0.15) is 0 Å². The van der Waals surface area contributed by atoms with Gasteiger partial charge in [-0.1, -0.05) is 19.1 Å². The highest BCUT2D eigenvalue weighted by molar-refractivity contribution is 9.10. The molecule has 4 heteroatoms. The highest BCUT2D eigenvalue weighted by atomic mass is 79.9. The Morgan fingerprint density at radius 2 is 2.20 bits per heavy atom. The largest absolute Gasteiger partial charge is 0.384 e. The summed E-state index contributed by atoms with van der Waals surface area (Å²) in [6.07, 6.45) is 5.22. The Balaban J connectivity index is 1.81. The fraction of sp³-hybridized carbons (Fsp3) is 0.562. The molecule has 1 aromatic carbocycles. The first-order valence-corrected chi connectivity index (χ1v) is 8.29. The fourth-order valence-corrected chi connectivity index (χ4v) is 3.23. The molecule has 1 amide bonds. The molecule has 0 aromatic heterocycles. The molecule has 1 aliphatic rings. The molecule has 3 nitrogen and oxygen atoms in total. The van der Waals surface area contributed by atoms with E-state index in [4.69, 9.17) is 0 Å². The van der Waals surface area contributed by atoms with Crippen LogP contribution in [0.3, 0.4) is 0 Å². The quantitative estimate of drug-likeness (QED) is 0.878. The summed E-state index contributed by atoms with van der Waals surface area (Å²) in [6, 6.07) is 8.46. The van der Waals surface area contributed by atoms with Crippen LogP contribution in [0.25, 0.3) is 0 Å². The van der Waals surface area contributed by atoms with E-state index in [1.54, 1.807) is 0 Å². The number of likely N-dealkylation sites (tertiary alicyclic amines) is 1. The molecule has 1 fully saturated rings. The van der Waals surface area contributed by atoms with E-state index in [1.165, 1.54) is 12.8 Å². The van der Waals surface area contributed by atoms with Crippen LogP contribution < -0.4 is 5.32 Å². The third-order valence-corrected chi connectivity index (χ3v) is 4.64. The van der Waals surface area contributed by atoms with Gasteiger partial charge in [0.1, 0.15) is 0 Å². The van der Waals surface area contributed by atoms with E-state index in [0.29, 0.717) is 19.0 Å². The van der Waals surface area contributed by atoms with Crippen molar-refractivity contribution in [1.82, 2.24) is 4.90 Å². The number of benzene rings is 1. The first-order chi connectivity index (χ1) is 9.72. The highest BCUT2D eigenvalue weighted by Gasteiger charge is 2.24. The Kier molecular flexibility index (Phi) is 5.89. The first-order valence-electron chi connectivity index (χ1n) is 7.50. The van der Waals surface area contributed by atoms with Crippen LogP contribution >= 0.6 is 15.9 Å². The lowest BCUT2D eigenvalue weighted by Gasteiger charge is -2.35. The number of piperidine rings is 1. The first kappa shape index (κ1) is 15.4. The highest BCUT2D eigenvalue weighted by Crippen LogP contribution is 2.22. The molecule has 1 atom stereocenters. The second-order valence-electron chi connectivity index (χ2n) is 5.30. The van der Waals surface area contributed by atoms with Crippen LogP contribution in [0.5, 0.6) is 0 Å². The molecular formula is C16H23BrN2O. The summed E-state index contributed by atoms with van der Waals surface area (Å²) >= 11 is 3.50. The zero-order chi connectivity index (χ0) is 14.4. The van der Waals surface area contributed by atoms with Gasteiger partial charge in [0.25, 0.3) is 0 Å². The van der Waals surface area contributed by atoms with Crippen molar-refractivity contribution in [2.75, 3.05) is 18.4 Å². The maximum absolute atomic E-state index is 12.3. The predicted molar refractivity (Wildman–Crippen MR) is 86.9 cm³/mol. The lowest BCUT2D eigenvalue weighted by Crippen LogP contribution is -2.43. The smallest absolute Gasteiger partial charge is 0.224 e. The number of amides is 1. The molecule has 0 radical (unpaired) electrons. The number of nitrogens with zero attached hydrogens (tertiary/aromatic N) is 1. The average molecular weight is 339 g/mol. The van der Waals surface area contributed by atoms with E-state index in [9.17, 15) is 4.79 Å². The number of anilines is 1. The predicted octanol–water partition coefficient (Wildman–Crippen LogP) is 4.04. The van der Waals surface area contributed by atoms with Crippen molar-refractivity contribution >= 4 is 27.5 Å². The van der Waals surface area contributed by atoms with Crippen molar-refractivity contribution < 1.29 is 4.79 Å². The zero-order valence-electron chi connectivity index (χ0n) is 12.1. The summed E-state index contributed by atoms with van der Waals surface area (Å²) in [6.45, 7) is 3.80. The van der Waals surface area contributed by atoms with E-state index in [2.05, 4.69) is 33.1 Å². The van der Waals surface area contributed by atoms with Gasteiger partial charge in [-0.3, -0.25) is 4.79 Å². The lowest BCUT2D eigenvalue weighted by atomic mass is 9.99. The normalized spacial score (nSPS) is 18.9. The number of hydrogen-bond donors (Lipinski definition) is 1. The topological polar surface area (TPSA) is 32.3 Å². The van der Waals surface area contributed by atoms with Gasteiger partial charge in [0, 0.05) is 35.7 Å². The van der Waals surface area contributed by atoms with Gasteiger partial charge in [0.15, 0.2) is 0 Å². The third-order valence-electron chi connectivity index (χ3n) is 3.95. The van der Waals surface area contributed by atoms with Crippen LogP contribution in [-0.2, 0) is 4.79 Å². The number of halogens is 1. The maximum atomic E-state index is 12.3. The zero-order valence-corrected chi connectivity index (χ0v) is 13.7.